The van der Waals surface area contributed by atoms with Crippen LogP contribution in [0.2, 0.25) is 0 Å². The van der Waals surface area contributed by atoms with E-state index in [1.165, 1.54) is 5.69 Å². The predicted molar refractivity (Wildman–Crippen MR) is 89.4 cm³/mol. The van der Waals surface area contributed by atoms with E-state index >= 15 is 0 Å². The summed E-state index contributed by atoms with van der Waals surface area (Å²) < 4.78 is 13.7. The summed E-state index contributed by atoms with van der Waals surface area (Å²) >= 11 is 1.74. The van der Waals surface area contributed by atoms with Crippen LogP contribution in [0.4, 0.5) is 0 Å². The lowest BCUT2D eigenvalue weighted by Gasteiger charge is -2.35. The van der Waals surface area contributed by atoms with Gasteiger partial charge >= 0.3 is 0 Å². The SMILES string of the molecule is Cn1cccc1[C@@H]1COCCN1Cc1csc([C@H]2CCCO2)n1. The van der Waals surface area contributed by atoms with Gasteiger partial charge in [0.2, 0.25) is 0 Å². The number of hydrogen-bond acceptors (Lipinski definition) is 5. The molecule has 6 heteroatoms. The number of morpholine rings is 1. The lowest BCUT2D eigenvalue weighted by molar-refractivity contribution is -0.0157. The highest BCUT2D eigenvalue weighted by Crippen LogP contribution is 2.32. The zero-order valence-electron chi connectivity index (χ0n) is 13.5. The Bertz CT molecular complexity index is 648. The molecule has 5 nitrogen and oxygen atoms in total. The van der Waals surface area contributed by atoms with Crippen molar-refractivity contribution in [2.75, 3.05) is 26.4 Å². The summed E-state index contributed by atoms with van der Waals surface area (Å²) in [5, 5.41) is 3.33. The molecular weight excluding hydrogens is 310 g/mol. The van der Waals surface area contributed by atoms with Crippen molar-refractivity contribution >= 4 is 11.3 Å². The minimum Gasteiger partial charge on any atom is -0.378 e. The van der Waals surface area contributed by atoms with Crippen molar-refractivity contribution in [2.45, 2.75) is 31.5 Å². The standard InChI is InChI=1S/C17H23N3O2S/c1-19-6-2-4-14(19)15-11-21-9-7-20(15)10-13-12-23-17(18-13)16-5-3-8-22-16/h2,4,6,12,15-16H,3,5,7-11H2,1H3/t15-,16+/m0/s1. The summed E-state index contributed by atoms with van der Waals surface area (Å²) in [4.78, 5) is 7.31. The van der Waals surface area contributed by atoms with E-state index in [9.17, 15) is 0 Å². The first kappa shape index (κ1) is 15.3. The first-order valence-corrected chi connectivity index (χ1v) is 9.18. The van der Waals surface area contributed by atoms with E-state index in [1.54, 1.807) is 11.3 Å². The van der Waals surface area contributed by atoms with Crippen molar-refractivity contribution in [3.8, 4) is 0 Å². The van der Waals surface area contributed by atoms with Crippen LogP contribution in [-0.4, -0.2) is 40.8 Å². The van der Waals surface area contributed by atoms with Gasteiger partial charge in [0.15, 0.2) is 0 Å². The van der Waals surface area contributed by atoms with Crippen LogP contribution in [-0.2, 0) is 23.1 Å². The molecule has 2 aliphatic rings. The van der Waals surface area contributed by atoms with Gasteiger partial charge in [0, 0.05) is 44.0 Å². The summed E-state index contributed by atoms with van der Waals surface area (Å²) in [5.41, 5.74) is 2.46. The van der Waals surface area contributed by atoms with E-state index in [-0.39, 0.29) is 6.10 Å². The molecule has 0 bridgehead atoms. The number of hydrogen-bond donors (Lipinski definition) is 0. The molecule has 2 aromatic rings. The summed E-state index contributed by atoms with van der Waals surface area (Å²) in [5.74, 6) is 0. The molecule has 0 N–H and O–H groups in total. The van der Waals surface area contributed by atoms with Gasteiger partial charge < -0.3 is 14.0 Å². The van der Waals surface area contributed by atoms with Crippen LogP contribution in [0.5, 0.6) is 0 Å². The van der Waals surface area contributed by atoms with Gasteiger partial charge in [0.05, 0.1) is 24.9 Å². The van der Waals surface area contributed by atoms with Crippen LogP contribution in [0.1, 0.15) is 41.4 Å². The highest BCUT2D eigenvalue weighted by Gasteiger charge is 2.27. The highest BCUT2D eigenvalue weighted by molar-refractivity contribution is 7.09. The third-order valence-corrected chi connectivity index (χ3v) is 5.69. The molecule has 0 unspecified atom stereocenters. The Hall–Kier alpha value is -1.21. The van der Waals surface area contributed by atoms with E-state index in [4.69, 9.17) is 14.5 Å². The topological polar surface area (TPSA) is 39.5 Å². The Balaban J connectivity index is 1.49. The largest absolute Gasteiger partial charge is 0.378 e. The van der Waals surface area contributed by atoms with Gasteiger partial charge in [-0.15, -0.1) is 11.3 Å². The molecule has 0 aromatic carbocycles. The zero-order chi connectivity index (χ0) is 15.6. The summed E-state index contributed by atoms with van der Waals surface area (Å²) in [7, 11) is 2.10. The zero-order valence-corrected chi connectivity index (χ0v) is 14.3. The lowest BCUT2D eigenvalue weighted by Crippen LogP contribution is -2.39. The van der Waals surface area contributed by atoms with E-state index < -0.39 is 0 Å². The second-order valence-electron chi connectivity index (χ2n) is 6.28. The van der Waals surface area contributed by atoms with Crippen LogP contribution in [0.15, 0.2) is 23.7 Å². The molecule has 2 aliphatic heterocycles. The first-order chi connectivity index (χ1) is 11.3. The van der Waals surface area contributed by atoms with Crippen molar-refractivity contribution in [3.05, 3.63) is 40.1 Å². The minimum atomic E-state index is 0.224. The van der Waals surface area contributed by atoms with Crippen molar-refractivity contribution in [1.82, 2.24) is 14.5 Å². The van der Waals surface area contributed by atoms with Gasteiger partial charge in [-0.2, -0.15) is 0 Å². The molecular formula is C17H23N3O2S. The third-order valence-electron chi connectivity index (χ3n) is 4.70. The Labute approximate surface area is 140 Å². The fraction of sp³-hybridized carbons (Fsp3) is 0.588. The monoisotopic (exact) mass is 333 g/mol. The molecule has 2 fully saturated rings. The number of rotatable bonds is 4. The molecule has 0 amide bonds. The van der Waals surface area contributed by atoms with E-state index in [1.807, 2.05) is 0 Å². The molecule has 2 atom stereocenters. The summed E-state index contributed by atoms with van der Waals surface area (Å²) in [6.45, 7) is 4.24. The number of ether oxygens (including phenoxy) is 2. The quantitative estimate of drug-likeness (QED) is 0.862. The molecule has 2 saturated heterocycles. The molecule has 2 aromatic heterocycles. The fourth-order valence-electron chi connectivity index (χ4n) is 3.44. The summed E-state index contributed by atoms with van der Waals surface area (Å²) in [6.07, 6.45) is 4.58. The van der Waals surface area contributed by atoms with Gasteiger partial charge in [0.1, 0.15) is 11.1 Å². The molecule has 0 saturated carbocycles. The Morgan fingerprint density at radius 3 is 3.13 bits per heavy atom. The van der Waals surface area contributed by atoms with Gasteiger partial charge in [-0.05, 0) is 25.0 Å². The van der Waals surface area contributed by atoms with E-state index in [0.717, 1.165) is 56.5 Å². The number of aromatic nitrogens is 2. The van der Waals surface area contributed by atoms with Crippen molar-refractivity contribution in [3.63, 3.8) is 0 Å². The normalized spacial score (nSPS) is 26.0. The molecule has 23 heavy (non-hydrogen) atoms. The number of thiazole rings is 1. The summed E-state index contributed by atoms with van der Waals surface area (Å²) in [6, 6.07) is 4.59. The molecule has 4 rings (SSSR count). The molecule has 0 aliphatic carbocycles. The van der Waals surface area contributed by atoms with Crippen LogP contribution in [0, 0.1) is 0 Å². The molecule has 4 heterocycles. The number of aryl methyl sites for hydroxylation is 1. The average Bonchev–Trinajstić information content (AvgIpc) is 3.29. The smallest absolute Gasteiger partial charge is 0.122 e. The van der Waals surface area contributed by atoms with Crippen LogP contribution in [0.3, 0.4) is 0 Å². The van der Waals surface area contributed by atoms with E-state index in [0.29, 0.717) is 6.04 Å². The van der Waals surface area contributed by atoms with Gasteiger partial charge in [-0.1, -0.05) is 0 Å². The molecule has 0 radical (unpaired) electrons. The van der Waals surface area contributed by atoms with E-state index in [2.05, 4.69) is 40.2 Å². The van der Waals surface area contributed by atoms with Crippen molar-refractivity contribution < 1.29 is 9.47 Å². The maximum atomic E-state index is 5.75. The Morgan fingerprint density at radius 1 is 1.39 bits per heavy atom. The lowest BCUT2D eigenvalue weighted by atomic mass is 10.1. The minimum absolute atomic E-state index is 0.224. The van der Waals surface area contributed by atoms with Crippen LogP contribution < -0.4 is 0 Å². The van der Waals surface area contributed by atoms with Crippen molar-refractivity contribution in [2.24, 2.45) is 7.05 Å². The molecule has 0 spiro atoms. The van der Waals surface area contributed by atoms with Gasteiger partial charge in [-0.25, -0.2) is 4.98 Å². The maximum Gasteiger partial charge on any atom is 0.122 e. The second-order valence-corrected chi connectivity index (χ2v) is 7.17. The first-order valence-electron chi connectivity index (χ1n) is 8.30. The number of nitrogens with zero attached hydrogens (tertiary/aromatic N) is 3. The van der Waals surface area contributed by atoms with Crippen molar-refractivity contribution in [1.29, 1.82) is 0 Å². The predicted octanol–water partition coefficient (Wildman–Crippen LogP) is 2.91. The van der Waals surface area contributed by atoms with Crippen LogP contribution >= 0.6 is 11.3 Å². The third kappa shape index (κ3) is 3.21. The Kier molecular flexibility index (Phi) is 4.48. The molecule has 124 valence electrons. The van der Waals surface area contributed by atoms with Gasteiger partial charge in [0.25, 0.3) is 0 Å². The van der Waals surface area contributed by atoms with Gasteiger partial charge in [-0.3, -0.25) is 4.90 Å². The second kappa shape index (κ2) is 6.73. The highest BCUT2D eigenvalue weighted by atomic mass is 32.1. The fourth-order valence-corrected chi connectivity index (χ4v) is 4.34. The van der Waals surface area contributed by atoms with Crippen LogP contribution in [0.25, 0.3) is 0 Å². The Morgan fingerprint density at radius 2 is 2.35 bits per heavy atom. The average molecular weight is 333 g/mol. The maximum absolute atomic E-state index is 5.75.